The third-order valence-corrected chi connectivity index (χ3v) is 5.65. The Morgan fingerprint density at radius 2 is 1.87 bits per heavy atom. The summed E-state index contributed by atoms with van der Waals surface area (Å²) >= 11 is 6.12. The summed E-state index contributed by atoms with van der Waals surface area (Å²) in [4.78, 5) is 29.5. The molecule has 3 rings (SSSR count). The number of hydrogen-bond donors (Lipinski definition) is 0. The molecule has 2 aromatic carbocycles. The number of aldehydes is 1. The van der Waals surface area contributed by atoms with Crippen LogP contribution in [0.25, 0.3) is 0 Å². The molecular formula is C23H28ClN3O4. The standard InChI is InChI=1S/C23H28ClN3O4/c1-17-4-7-20(22(14-17)31-13-12-28)25(2)16-23(29)27-10-8-26(9-11-27)18-5-6-19(24)21(15-18)30-3/h4-7,12,14-15H,8-11,13,16H2,1-3H3. The number of amides is 1. The molecule has 1 heterocycles. The number of likely N-dealkylation sites (N-methyl/N-ethyl adjacent to an activating group) is 1. The number of carbonyl (C=O) groups is 2. The number of hydrogen-bond acceptors (Lipinski definition) is 6. The van der Waals surface area contributed by atoms with Crippen molar-refractivity contribution in [2.45, 2.75) is 6.92 Å². The van der Waals surface area contributed by atoms with E-state index in [1.54, 1.807) is 7.11 Å². The first-order chi connectivity index (χ1) is 14.9. The molecule has 0 bridgehead atoms. The van der Waals surface area contributed by atoms with Crippen LogP contribution < -0.4 is 19.3 Å². The highest BCUT2D eigenvalue weighted by Crippen LogP contribution is 2.30. The van der Waals surface area contributed by atoms with Crippen LogP contribution in [-0.2, 0) is 9.59 Å². The average molecular weight is 446 g/mol. The van der Waals surface area contributed by atoms with E-state index in [2.05, 4.69) is 4.90 Å². The number of nitrogens with zero attached hydrogens (tertiary/aromatic N) is 3. The Morgan fingerprint density at radius 1 is 1.13 bits per heavy atom. The van der Waals surface area contributed by atoms with Gasteiger partial charge in [-0.05, 0) is 36.8 Å². The van der Waals surface area contributed by atoms with E-state index >= 15 is 0 Å². The number of aryl methyl sites for hydroxylation is 1. The molecule has 1 amide bonds. The number of carbonyl (C=O) groups excluding carboxylic acids is 2. The van der Waals surface area contributed by atoms with E-state index in [0.717, 1.165) is 30.0 Å². The summed E-state index contributed by atoms with van der Waals surface area (Å²) in [5, 5.41) is 0.579. The van der Waals surface area contributed by atoms with Gasteiger partial charge in [-0.25, -0.2) is 0 Å². The third kappa shape index (κ3) is 5.61. The lowest BCUT2D eigenvalue weighted by Gasteiger charge is -2.37. The minimum Gasteiger partial charge on any atom is -0.495 e. The second kappa shape index (κ2) is 10.4. The predicted molar refractivity (Wildman–Crippen MR) is 123 cm³/mol. The lowest BCUT2D eigenvalue weighted by atomic mass is 10.2. The van der Waals surface area contributed by atoms with Crippen molar-refractivity contribution < 1.29 is 19.1 Å². The summed E-state index contributed by atoms with van der Waals surface area (Å²) in [5.74, 6) is 1.30. The van der Waals surface area contributed by atoms with Gasteiger partial charge in [-0.2, -0.15) is 0 Å². The molecule has 0 spiro atoms. The fourth-order valence-corrected chi connectivity index (χ4v) is 3.82. The molecule has 1 aliphatic heterocycles. The minimum atomic E-state index is -0.0182. The van der Waals surface area contributed by atoms with Gasteiger partial charge in [0, 0.05) is 45.0 Å². The van der Waals surface area contributed by atoms with Gasteiger partial charge in [0.2, 0.25) is 5.91 Å². The van der Waals surface area contributed by atoms with Gasteiger partial charge in [-0.15, -0.1) is 0 Å². The van der Waals surface area contributed by atoms with Crippen LogP contribution >= 0.6 is 11.6 Å². The normalized spacial score (nSPS) is 13.7. The van der Waals surface area contributed by atoms with Crippen molar-refractivity contribution in [2.24, 2.45) is 0 Å². The van der Waals surface area contributed by atoms with Gasteiger partial charge in [0.1, 0.15) is 18.1 Å². The number of ether oxygens (including phenoxy) is 2. The summed E-state index contributed by atoms with van der Waals surface area (Å²) in [6.07, 6.45) is 0.715. The highest BCUT2D eigenvalue weighted by molar-refractivity contribution is 6.32. The van der Waals surface area contributed by atoms with E-state index in [1.165, 1.54) is 0 Å². The monoisotopic (exact) mass is 445 g/mol. The SMILES string of the molecule is COc1cc(N2CCN(C(=O)CN(C)c3ccc(C)cc3OCC=O)CC2)ccc1Cl. The summed E-state index contributed by atoms with van der Waals surface area (Å²) in [5.41, 5.74) is 2.84. The van der Waals surface area contributed by atoms with E-state index < -0.39 is 0 Å². The van der Waals surface area contributed by atoms with Crippen molar-refractivity contribution >= 4 is 35.2 Å². The molecule has 166 valence electrons. The Hall–Kier alpha value is -2.93. The van der Waals surface area contributed by atoms with Gasteiger partial charge in [0.15, 0.2) is 6.29 Å². The molecule has 2 aromatic rings. The van der Waals surface area contributed by atoms with Gasteiger partial charge in [0.05, 0.1) is 24.4 Å². The van der Waals surface area contributed by atoms with Crippen LogP contribution in [0.3, 0.4) is 0 Å². The first-order valence-corrected chi connectivity index (χ1v) is 10.5. The lowest BCUT2D eigenvalue weighted by molar-refractivity contribution is -0.130. The second-order valence-electron chi connectivity index (χ2n) is 7.49. The van der Waals surface area contributed by atoms with Crippen LogP contribution in [0.1, 0.15) is 5.56 Å². The molecule has 0 radical (unpaired) electrons. The number of methoxy groups -OCH3 is 1. The Labute approximate surface area is 188 Å². The summed E-state index contributed by atoms with van der Waals surface area (Å²) in [6.45, 7) is 4.92. The smallest absolute Gasteiger partial charge is 0.242 e. The predicted octanol–water partition coefficient (Wildman–Crippen LogP) is 3.02. The van der Waals surface area contributed by atoms with Crippen LogP contribution in [0, 0.1) is 6.92 Å². The van der Waals surface area contributed by atoms with Gasteiger partial charge < -0.3 is 24.2 Å². The van der Waals surface area contributed by atoms with Gasteiger partial charge in [-0.3, -0.25) is 9.59 Å². The van der Waals surface area contributed by atoms with Crippen LogP contribution in [-0.4, -0.2) is 70.6 Å². The molecule has 1 aliphatic rings. The van der Waals surface area contributed by atoms with Gasteiger partial charge >= 0.3 is 0 Å². The van der Waals surface area contributed by atoms with Crippen LogP contribution in [0.15, 0.2) is 36.4 Å². The molecule has 0 aromatic heterocycles. The maximum atomic E-state index is 12.9. The molecular weight excluding hydrogens is 418 g/mol. The zero-order valence-electron chi connectivity index (χ0n) is 18.1. The van der Waals surface area contributed by atoms with E-state index in [1.807, 2.05) is 60.2 Å². The molecule has 0 atom stereocenters. The topological polar surface area (TPSA) is 62.3 Å². The molecule has 7 nitrogen and oxygen atoms in total. The van der Waals surface area contributed by atoms with Crippen molar-refractivity contribution in [1.29, 1.82) is 0 Å². The molecule has 8 heteroatoms. The molecule has 1 saturated heterocycles. The molecule has 0 aliphatic carbocycles. The maximum Gasteiger partial charge on any atom is 0.242 e. The zero-order valence-corrected chi connectivity index (χ0v) is 18.9. The summed E-state index contributed by atoms with van der Waals surface area (Å²) < 4.78 is 10.8. The lowest BCUT2D eigenvalue weighted by Crippen LogP contribution is -2.51. The van der Waals surface area contributed by atoms with E-state index in [4.69, 9.17) is 21.1 Å². The fraction of sp³-hybridized carbons (Fsp3) is 0.391. The van der Waals surface area contributed by atoms with E-state index in [0.29, 0.717) is 35.9 Å². The fourth-order valence-electron chi connectivity index (χ4n) is 3.62. The maximum absolute atomic E-state index is 12.9. The van der Waals surface area contributed by atoms with Crippen molar-refractivity contribution in [1.82, 2.24) is 4.90 Å². The number of piperazine rings is 1. The molecule has 31 heavy (non-hydrogen) atoms. The molecule has 1 fully saturated rings. The van der Waals surface area contributed by atoms with Crippen LogP contribution in [0.4, 0.5) is 11.4 Å². The molecule has 0 saturated carbocycles. The Balaban J connectivity index is 1.59. The van der Waals surface area contributed by atoms with Crippen LogP contribution in [0.5, 0.6) is 11.5 Å². The summed E-state index contributed by atoms with van der Waals surface area (Å²) in [7, 11) is 3.45. The van der Waals surface area contributed by atoms with Crippen molar-refractivity contribution in [3.63, 3.8) is 0 Å². The van der Waals surface area contributed by atoms with E-state index in [9.17, 15) is 9.59 Å². The summed E-state index contributed by atoms with van der Waals surface area (Å²) in [6, 6.07) is 11.5. The minimum absolute atomic E-state index is 0.0182. The number of halogens is 1. The largest absolute Gasteiger partial charge is 0.495 e. The van der Waals surface area contributed by atoms with Crippen molar-refractivity contribution in [2.75, 3.05) is 63.3 Å². The first-order valence-electron chi connectivity index (χ1n) is 10.2. The number of anilines is 2. The van der Waals surface area contributed by atoms with Gasteiger partial charge in [0.25, 0.3) is 0 Å². The van der Waals surface area contributed by atoms with Crippen LogP contribution in [0.2, 0.25) is 5.02 Å². The second-order valence-corrected chi connectivity index (χ2v) is 7.90. The Bertz CT molecular complexity index is 929. The molecule has 0 unspecified atom stereocenters. The highest BCUT2D eigenvalue weighted by Gasteiger charge is 2.23. The molecule has 0 N–H and O–H groups in total. The van der Waals surface area contributed by atoms with Crippen molar-refractivity contribution in [3.05, 3.63) is 47.0 Å². The highest BCUT2D eigenvalue weighted by atomic mass is 35.5. The van der Waals surface area contributed by atoms with Gasteiger partial charge in [-0.1, -0.05) is 17.7 Å². The first kappa shape index (κ1) is 22.7. The van der Waals surface area contributed by atoms with Crippen molar-refractivity contribution in [3.8, 4) is 11.5 Å². The van der Waals surface area contributed by atoms with E-state index in [-0.39, 0.29) is 19.1 Å². The quantitative estimate of drug-likeness (QED) is 0.582. The Morgan fingerprint density at radius 3 is 2.55 bits per heavy atom. The third-order valence-electron chi connectivity index (χ3n) is 5.34. The zero-order chi connectivity index (χ0) is 22.4. The number of rotatable bonds is 8. The number of benzene rings is 2. The average Bonchev–Trinajstić information content (AvgIpc) is 2.78. The Kier molecular flexibility index (Phi) is 7.63.